The summed E-state index contributed by atoms with van der Waals surface area (Å²) in [7, 11) is -3.75. The molecule has 1 aromatic heterocycles. The van der Waals surface area contributed by atoms with Gasteiger partial charge in [-0.1, -0.05) is 17.8 Å². The molecule has 1 aliphatic heterocycles. The van der Waals surface area contributed by atoms with Crippen LogP contribution in [0.25, 0.3) is 0 Å². The van der Waals surface area contributed by atoms with Crippen LogP contribution in [0.5, 0.6) is 0 Å². The van der Waals surface area contributed by atoms with Crippen LogP contribution in [0.3, 0.4) is 0 Å². The Balaban J connectivity index is 1.63. The van der Waals surface area contributed by atoms with Crippen LogP contribution in [0.2, 0.25) is 0 Å². The second-order valence-electron chi connectivity index (χ2n) is 5.91. The molecule has 0 aromatic carbocycles. The van der Waals surface area contributed by atoms with Crippen molar-refractivity contribution in [3.8, 4) is 0 Å². The van der Waals surface area contributed by atoms with E-state index in [0.29, 0.717) is 13.1 Å². The van der Waals surface area contributed by atoms with Crippen LogP contribution in [0.15, 0.2) is 4.34 Å². The van der Waals surface area contributed by atoms with Crippen LogP contribution < -0.4 is 5.32 Å². The van der Waals surface area contributed by atoms with Gasteiger partial charge < -0.3 is 10.2 Å². The van der Waals surface area contributed by atoms with Gasteiger partial charge in [0.15, 0.2) is 0 Å². The summed E-state index contributed by atoms with van der Waals surface area (Å²) in [6.07, 6.45) is 2.97. The lowest BCUT2D eigenvalue weighted by Gasteiger charge is -2.37. The van der Waals surface area contributed by atoms with Crippen LogP contribution in [0.1, 0.15) is 26.2 Å². The smallest absolute Gasteiger partial charge is 0.272 e. The summed E-state index contributed by atoms with van der Waals surface area (Å²) in [5, 5.41) is 9.90. The van der Waals surface area contributed by atoms with E-state index in [-0.39, 0.29) is 40.3 Å². The Kier molecular flexibility index (Phi) is 4.83. The molecule has 132 valence electrons. The van der Waals surface area contributed by atoms with Crippen molar-refractivity contribution < 1.29 is 18.0 Å². The Bertz CT molecular complexity index is 735. The van der Waals surface area contributed by atoms with Gasteiger partial charge in [-0.05, 0) is 12.8 Å². The highest BCUT2D eigenvalue weighted by Crippen LogP contribution is 2.29. The van der Waals surface area contributed by atoms with Crippen molar-refractivity contribution in [3.63, 3.8) is 0 Å². The summed E-state index contributed by atoms with van der Waals surface area (Å²) in [5.74, 6) is -0.0723. The lowest BCUT2D eigenvalue weighted by Crippen LogP contribution is -2.52. The number of hydrogen-bond donors (Lipinski definition) is 1. The Hall–Kier alpha value is -1.59. The van der Waals surface area contributed by atoms with Gasteiger partial charge in [0.05, 0.1) is 0 Å². The Labute approximate surface area is 144 Å². The van der Waals surface area contributed by atoms with Gasteiger partial charge in [-0.15, -0.1) is 10.2 Å². The average Bonchev–Trinajstić information content (AvgIpc) is 2.94. The lowest BCUT2D eigenvalue weighted by atomic mass is 9.84. The average molecular weight is 373 g/mol. The van der Waals surface area contributed by atoms with E-state index >= 15 is 0 Å². The number of carbonyl (C=O) groups excluding carboxylic acids is 2. The van der Waals surface area contributed by atoms with Crippen molar-refractivity contribution in [1.82, 2.24) is 19.4 Å². The maximum Gasteiger partial charge on any atom is 0.272 e. The lowest BCUT2D eigenvalue weighted by molar-refractivity contribution is -0.139. The van der Waals surface area contributed by atoms with Crippen molar-refractivity contribution in [3.05, 3.63) is 0 Å². The zero-order valence-electron chi connectivity index (χ0n) is 13.3. The summed E-state index contributed by atoms with van der Waals surface area (Å²) in [5.41, 5.74) is 0. The minimum absolute atomic E-state index is 0.122. The summed E-state index contributed by atoms with van der Waals surface area (Å²) in [4.78, 5) is 24.9. The molecule has 1 saturated heterocycles. The number of nitrogens with one attached hydrogen (secondary N) is 1. The van der Waals surface area contributed by atoms with Gasteiger partial charge in [-0.2, -0.15) is 4.31 Å². The molecule has 0 unspecified atom stereocenters. The van der Waals surface area contributed by atoms with Crippen LogP contribution in [0.4, 0.5) is 5.13 Å². The van der Waals surface area contributed by atoms with Crippen molar-refractivity contribution in [2.24, 2.45) is 5.92 Å². The van der Waals surface area contributed by atoms with E-state index in [1.807, 2.05) is 0 Å². The largest absolute Gasteiger partial charge is 0.340 e. The molecule has 3 rings (SSSR count). The van der Waals surface area contributed by atoms with E-state index in [2.05, 4.69) is 15.5 Å². The van der Waals surface area contributed by atoms with Gasteiger partial charge in [0.25, 0.3) is 10.0 Å². The number of aromatic nitrogens is 2. The number of rotatable bonds is 4. The topological polar surface area (TPSA) is 113 Å². The monoisotopic (exact) mass is 373 g/mol. The van der Waals surface area contributed by atoms with Gasteiger partial charge in [0, 0.05) is 39.0 Å². The minimum Gasteiger partial charge on any atom is -0.340 e. The highest BCUT2D eigenvalue weighted by atomic mass is 32.2. The molecule has 11 heteroatoms. The summed E-state index contributed by atoms with van der Waals surface area (Å²) >= 11 is 0.822. The van der Waals surface area contributed by atoms with E-state index in [9.17, 15) is 18.0 Å². The van der Waals surface area contributed by atoms with E-state index in [0.717, 1.165) is 30.6 Å². The van der Waals surface area contributed by atoms with E-state index < -0.39 is 10.0 Å². The quantitative estimate of drug-likeness (QED) is 0.751. The number of nitrogens with zero attached hydrogens (tertiary/aromatic N) is 4. The predicted octanol–water partition coefficient (Wildman–Crippen LogP) is 0.130. The number of sulfonamides is 1. The van der Waals surface area contributed by atoms with Gasteiger partial charge in [-0.25, -0.2) is 8.42 Å². The van der Waals surface area contributed by atoms with Gasteiger partial charge >= 0.3 is 0 Å². The fourth-order valence-corrected chi connectivity index (χ4v) is 5.19. The normalized spacial score (nSPS) is 19.8. The van der Waals surface area contributed by atoms with Crippen molar-refractivity contribution >= 4 is 38.3 Å². The molecule has 1 saturated carbocycles. The van der Waals surface area contributed by atoms with E-state index in [1.165, 1.54) is 11.2 Å². The van der Waals surface area contributed by atoms with Crippen LogP contribution in [-0.2, 0) is 19.6 Å². The third kappa shape index (κ3) is 3.42. The predicted molar refractivity (Wildman–Crippen MR) is 86.9 cm³/mol. The van der Waals surface area contributed by atoms with Gasteiger partial charge in [0.1, 0.15) is 0 Å². The highest BCUT2D eigenvalue weighted by molar-refractivity contribution is 7.91. The number of anilines is 1. The molecule has 2 aliphatic rings. The Morgan fingerprint density at radius 3 is 2.38 bits per heavy atom. The molecule has 24 heavy (non-hydrogen) atoms. The molecule has 1 aromatic rings. The first-order valence-corrected chi connectivity index (χ1v) is 10.0. The fourth-order valence-electron chi connectivity index (χ4n) is 2.69. The number of carbonyl (C=O) groups is 2. The van der Waals surface area contributed by atoms with E-state index in [1.54, 1.807) is 4.90 Å². The molecule has 2 fully saturated rings. The second-order valence-corrected chi connectivity index (χ2v) is 9.00. The fraction of sp³-hybridized carbons (Fsp3) is 0.692. The third-order valence-electron chi connectivity index (χ3n) is 4.25. The zero-order chi connectivity index (χ0) is 17.3. The number of amides is 2. The number of hydrogen-bond acceptors (Lipinski definition) is 7. The zero-order valence-corrected chi connectivity index (χ0v) is 14.9. The Morgan fingerprint density at radius 1 is 1.17 bits per heavy atom. The minimum atomic E-state index is -3.75. The van der Waals surface area contributed by atoms with Crippen molar-refractivity contribution in [2.45, 2.75) is 30.5 Å². The molecule has 0 radical (unpaired) electrons. The second kappa shape index (κ2) is 6.73. The molecular formula is C13H19N5O4S2. The third-order valence-corrected chi connectivity index (χ3v) is 7.34. The molecule has 1 N–H and O–H groups in total. The van der Waals surface area contributed by atoms with Gasteiger partial charge in [0.2, 0.25) is 21.3 Å². The molecule has 0 bridgehead atoms. The summed E-state index contributed by atoms with van der Waals surface area (Å²) in [6.45, 7) is 2.59. The first kappa shape index (κ1) is 17.2. The molecule has 0 atom stereocenters. The van der Waals surface area contributed by atoms with Crippen LogP contribution >= 0.6 is 11.3 Å². The van der Waals surface area contributed by atoms with E-state index in [4.69, 9.17) is 0 Å². The molecule has 1 aliphatic carbocycles. The molecule has 2 amide bonds. The summed E-state index contributed by atoms with van der Waals surface area (Å²) < 4.78 is 26.3. The molecular weight excluding hydrogens is 354 g/mol. The maximum absolute atomic E-state index is 12.6. The Morgan fingerprint density at radius 2 is 1.83 bits per heavy atom. The van der Waals surface area contributed by atoms with Crippen molar-refractivity contribution in [1.29, 1.82) is 0 Å². The first-order chi connectivity index (χ1) is 11.4. The SMILES string of the molecule is CC(=O)Nc1nnc(S(=O)(=O)N2CCN(C(=O)C3CCC3)CC2)s1. The number of piperazine rings is 1. The standard InChI is InChI=1S/C13H19N5O4S2/c1-9(19)14-12-15-16-13(23-12)24(21,22)18-7-5-17(6-8-18)11(20)10-3-2-4-10/h10H,2-8H2,1H3,(H,14,15,19). The summed E-state index contributed by atoms with van der Waals surface area (Å²) in [6, 6.07) is 0. The molecule has 9 nitrogen and oxygen atoms in total. The van der Waals surface area contributed by atoms with Gasteiger partial charge in [-0.3, -0.25) is 9.59 Å². The molecule has 0 spiro atoms. The van der Waals surface area contributed by atoms with Crippen LogP contribution in [-0.4, -0.2) is 65.8 Å². The highest BCUT2D eigenvalue weighted by Gasteiger charge is 2.35. The first-order valence-electron chi connectivity index (χ1n) is 7.78. The van der Waals surface area contributed by atoms with Crippen LogP contribution in [0, 0.1) is 5.92 Å². The van der Waals surface area contributed by atoms with Crippen molar-refractivity contribution in [2.75, 3.05) is 31.5 Å². The maximum atomic E-state index is 12.6. The molecule has 2 heterocycles.